The maximum Gasteiger partial charge on any atom is 0.363 e. The molecule has 5 unspecified atom stereocenters. The number of rotatable bonds is 6. The van der Waals surface area contributed by atoms with E-state index < -0.39 is 38.7 Å². The molecule has 2 aliphatic rings. The monoisotopic (exact) mass is 510 g/mol. The number of ether oxygens (including phenoxy) is 1. The molecule has 34 heavy (non-hydrogen) atoms. The molecule has 1 aromatic carbocycles. The number of amides is 1. The molecule has 16 heteroatoms. The molecule has 0 spiro atoms. The zero-order chi connectivity index (χ0) is 23.8. The van der Waals surface area contributed by atoms with Gasteiger partial charge in [0.2, 0.25) is 11.9 Å². The van der Waals surface area contributed by atoms with E-state index in [9.17, 15) is 14.7 Å². The Hall–Kier alpha value is -2.62. The lowest BCUT2D eigenvalue weighted by molar-refractivity contribution is -0.170. The number of benzene rings is 1. The van der Waals surface area contributed by atoms with Crippen LogP contribution in [-0.4, -0.2) is 66.5 Å². The first-order valence-corrected chi connectivity index (χ1v) is 12.0. The Morgan fingerprint density at radius 3 is 2.94 bits per heavy atom. The van der Waals surface area contributed by atoms with E-state index in [1.165, 1.54) is 4.57 Å². The van der Waals surface area contributed by atoms with Crippen molar-refractivity contribution in [2.45, 2.75) is 29.7 Å². The molecular formula is C18H19N6O8PS. The average Bonchev–Trinajstić information content (AvgIpc) is 3.35. The zero-order valence-electron chi connectivity index (χ0n) is 17.2. The number of H-pyrrole nitrogens is 1. The van der Waals surface area contributed by atoms with E-state index >= 15 is 0 Å². The van der Waals surface area contributed by atoms with Crippen molar-refractivity contribution in [2.75, 3.05) is 23.4 Å². The normalized spacial score (nSPS) is 26.5. The molecule has 2 aromatic heterocycles. The molecule has 0 saturated carbocycles. The summed E-state index contributed by atoms with van der Waals surface area (Å²) < 4.78 is 22.1. The number of fused-ring (bicyclic) bond motifs is 2. The van der Waals surface area contributed by atoms with E-state index in [-0.39, 0.29) is 40.5 Å². The van der Waals surface area contributed by atoms with Gasteiger partial charge in [0.15, 0.2) is 22.5 Å². The van der Waals surface area contributed by atoms with Gasteiger partial charge in [-0.15, -0.1) is 0 Å². The van der Waals surface area contributed by atoms with E-state index in [0.29, 0.717) is 5.69 Å². The van der Waals surface area contributed by atoms with Gasteiger partial charge in [0.05, 0.1) is 12.4 Å². The van der Waals surface area contributed by atoms with Gasteiger partial charge in [-0.2, -0.15) is 9.66 Å². The number of imidazole rings is 1. The summed E-state index contributed by atoms with van der Waals surface area (Å²) in [5.41, 5.74) is 5.80. The van der Waals surface area contributed by atoms with Gasteiger partial charge in [-0.05, 0) is 12.1 Å². The molecule has 14 nitrogen and oxygen atoms in total. The van der Waals surface area contributed by atoms with Crippen molar-refractivity contribution in [1.82, 2.24) is 19.5 Å². The molecule has 5 rings (SSSR count). The number of aliphatic hydroxyl groups excluding tert-OH is 1. The van der Waals surface area contributed by atoms with Gasteiger partial charge in [-0.25, -0.2) is 10.2 Å². The van der Waals surface area contributed by atoms with E-state index in [2.05, 4.69) is 24.9 Å². The van der Waals surface area contributed by atoms with Gasteiger partial charge in [0.1, 0.15) is 18.3 Å². The van der Waals surface area contributed by atoms with Gasteiger partial charge < -0.3 is 29.9 Å². The van der Waals surface area contributed by atoms with Crippen molar-refractivity contribution in [2.24, 2.45) is 0 Å². The Morgan fingerprint density at radius 2 is 2.18 bits per heavy atom. The molecule has 2 fully saturated rings. The number of nitrogens with two attached hydrogens (primary N) is 1. The van der Waals surface area contributed by atoms with E-state index in [1.807, 2.05) is 6.07 Å². The number of aliphatic hydroxyl groups is 1. The summed E-state index contributed by atoms with van der Waals surface area (Å²) in [4.78, 5) is 35.8. The number of nitrogens with zero attached hydrogens (tertiary/aromatic N) is 3. The molecule has 0 radical (unpaired) electrons. The van der Waals surface area contributed by atoms with Gasteiger partial charge in [-0.1, -0.05) is 30.0 Å². The van der Waals surface area contributed by atoms with Crippen LogP contribution in [0.3, 0.4) is 0 Å². The predicted molar refractivity (Wildman–Crippen MR) is 120 cm³/mol. The van der Waals surface area contributed by atoms with Crippen LogP contribution in [-0.2, 0) is 23.3 Å². The first kappa shape index (κ1) is 23.1. The van der Waals surface area contributed by atoms with Crippen LogP contribution in [0.1, 0.15) is 6.23 Å². The van der Waals surface area contributed by atoms with Crippen LogP contribution in [0.15, 0.2) is 40.3 Å². The number of anilines is 2. The minimum absolute atomic E-state index is 0.00473. The minimum atomic E-state index is -2.05. The first-order valence-electron chi connectivity index (χ1n) is 9.95. The Balaban J connectivity index is 1.45. The summed E-state index contributed by atoms with van der Waals surface area (Å²) in [7, 11) is -2.05. The van der Waals surface area contributed by atoms with Crippen molar-refractivity contribution in [3.05, 3.63) is 40.7 Å². The van der Waals surface area contributed by atoms with E-state index in [1.54, 1.807) is 24.3 Å². The smallest absolute Gasteiger partial charge is 0.363 e. The van der Waals surface area contributed by atoms with Crippen molar-refractivity contribution in [1.29, 1.82) is 0 Å². The van der Waals surface area contributed by atoms with Crippen LogP contribution in [0, 0.1) is 0 Å². The molecule has 0 aliphatic carbocycles. The third-order valence-electron chi connectivity index (χ3n) is 5.11. The lowest BCUT2D eigenvalue weighted by Crippen LogP contribution is -2.38. The van der Waals surface area contributed by atoms with Crippen LogP contribution < -0.4 is 16.6 Å². The van der Waals surface area contributed by atoms with Crippen LogP contribution in [0.5, 0.6) is 0 Å². The summed E-state index contributed by atoms with van der Waals surface area (Å²) in [6.07, 6.45) is -3.92. The summed E-state index contributed by atoms with van der Waals surface area (Å²) in [5.74, 6) is -0.510. The molecule has 4 heterocycles. The second-order valence-electron chi connectivity index (χ2n) is 7.32. The molecule has 5 atom stereocenters. The zero-order valence-corrected chi connectivity index (χ0v) is 18.9. The number of thioether (sulfide) groups is 1. The maximum atomic E-state index is 12.5. The number of para-hydroxylation sites is 1. The minimum Gasteiger partial charge on any atom is -0.386 e. The second kappa shape index (κ2) is 9.56. The quantitative estimate of drug-likeness (QED) is 0.136. The number of nitrogen functional groups attached to an aromatic ring is 1. The predicted octanol–water partition coefficient (Wildman–Crippen LogP) is 0.823. The number of hydrogen-bond acceptors (Lipinski definition) is 12. The lowest BCUT2D eigenvalue weighted by atomic mass is 10.1. The molecule has 2 aliphatic heterocycles. The largest absolute Gasteiger partial charge is 0.386 e. The summed E-state index contributed by atoms with van der Waals surface area (Å²) in [6.45, 7) is -0.00473. The highest BCUT2D eigenvalue weighted by atomic mass is 32.2. The average molecular weight is 510 g/mol. The van der Waals surface area contributed by atoms with Crippen LogP contribution in [0.25, 0.3) is 11.2 Å². The summed E-state index contributed by atoms with van der Waals surface area (Å²) in [5, 5.41) is 22.8. The van der Waals surface area contributed by atoms with Gasteiger partial charge in [0, 0.05) is 5.69 Å². The number of nitrogens with one attached hydrogen (secondary N) is 2. The second-order valence-corrected chi connectivity index (χ2v) is 9.34. The van der Waals surface area contributed by atoms with Crippen LogP contribution in [0.2, 0.25) is 0 Å². The van der Waals surface area contributed by atoms with Crippen LogP contribution >= 0.6 is 20.4 Å². The Kier molecular flexibility index (Phi) is 6.50. The van der Waals surface area contributed by atoms with Gasteiger partial charge in [0.25, 0.3) is 5.56 Å². The summed E-state index contributed by atoms with van der Waals surface area (Å²) in [6, 6.07) is 8.92. The van der Waals surface area contributed by atoms with Crippen molar-refractivity contribution < 1.29 is 33.6 Å². The van der Waals surface area contributed by atoms with Gasteiger partial charge in [-0.3, -0.25) is 19.1 Å². The number of aromatic amines is 1. The molecule has 6 N–H and O–H groups in total. The van der Waals surface area contributed by atoms with E-state index in [4.69, 9.17) is 24.8 Å². The highest BCUT2D eigenvalue weighted by Gasteiger charge is 2.51. The Bertz CT molecular complexity index is 1260. The van der Waals surface area contributed by atoms with Crippen molar-refractivity contribution in [3.63, 3.8) is 0 Å². The first-order chi connectivity index (χ1) is 16.4. The number of aromatic nitrogens is 4. The molecule has 3 aromatic rings. The summed E-state index contributed by atoms with van der Waals surface area (Å²) >= 11 is 1.02. The fourth-order valence-corrected chi connectivity index (χ4v) is 5.36. The third-order valence-corrected chi connectivity index (χ3v) is 6.97. The molecule has 180 valence electrons. The standard InChI is InChI=1S/C18H19N6O8PS/c19-17-22-14-11(15(27)23-17)21-18(34-7-10(25)20-8-4-2-1-3-5-8)24(14)16-12(26)13-9(30-16)6-29-33(31-13)32-28/h1-5,9,12-13,16,26,28H,6-7H2,(H,20,25)(H3,19,22,23,27). The Labute approximate surface area is 196 Å². The molecular weight excluding hydrogens is 491 g/mol. The number of hydrogen-bond donors (Lipinski definition) is 5. The lowest BCUT2D eigenvalue weighted by Gasteiger charge is -2.28. The van der Waals surface area contributed by atoms with E-state index in [0.717, 1.165) is 11.8 Å². The molecule has 1 amide bonds. The van der Waals surface area contributed by atoms with Crippen LogP contribution in [0.4, 0.5) is 11.6 Å². The SMILES string of the molecule is Nc1nc2c(nc(SCC(=O)Nc3ccccc3)n2C2OC3COP(OO)OC3C2O)c(=O)[nH]1. The highest BCUT2D eigenvalue weighted by molar-refractivity contribution is 7.99. The molecule has 0 bridgehead atoms. The maximum absolute atomic E-state index is 12.5. The third kappa shape index (κ3) is 4.39. The fourth-order valence-electron chi connectivity index (χ4n) is 3.66. The number of carbonyl (C=O) groups is 1. The topological polar surface area (TPSA) is 196 Å². The van der Waals surface area contributed by atoms with Crippen molar-refractivity contribution >= 4 is 49.1 Å². The van der Waals surface area contributed by atoms with Crippen molar-refractivity contribution in [3.8, 4) is 0 Å². The molecule has 2 saturated heterocycles. The fraction of sp³-hybridized carbons (Fsp3) is 0.333. The van der Waals surface area contributed by atoms with Gasteiger partial charge >= 0.3 is 8.60 Å². The number of carbonyl (C=O) groups excluding carboxylic acids is 1. The Morgan fingerprint density at radius 1 is 1.38 bits per heavy atom. The highest BCUT2D eigenvalue weighted by Crippen LogP contribution is 2.49.